The lowest BCUT2D eigenvalue weighted by Gasteiger charge is -1.99. The third-order valence-electron chi connectivity index (χ3n) is 1.88. The van der Waals surface area contributed by atoms with Crippen LogP contribution in [0.15, 0.2) is 6.33 Å². The van der Waals surface area contributed by atoms with Crippen molar-refractivity contribution < 1.29 is 0 Å². The summed E-state index contributed by atoms with van der Waals surface area (Å²) in [5.41, 5.74) is 6.75. The van der Waals surface area contributed by atoms with Crippen LogP contribution in [0, 0.1) is 24.7 Å². The Morgan fingerprint density at radius 3 is 2.87 bits per heavy atom. The van der Waals surface area contributed by atoms with Crippen molar-refractivity contribution in [2.24, 2.45) is 0 Å². The Hall–Kier alpha value is -2.53. The Balaban J connectivity index is 2.75. The second kappa shape index (κ2) is 3.32. The summed E-state index contributed by atoms with van der Waals surface area (Å²) >= 11 is 0. The maximum Gasteiger partial charge on any atom is 0.208 e. The Morgan fingerprint density at radius 2 is 2.20 bits per heavy atom. The van der Waals surface area contributed by atoms with Crippen molar-refractivity contribution in [3.8, 4) is 24.7 Å². The van der Waals surface area contributed by atoms with Crippen LogP contribution in [0.25, 0.3) is 11.2 Å². The van der Waals surface area contributed by atoms with Crippen molar-refractivity contribution in [1.29, 1.82) is 0 Å². The van der Waals surface area contributed by atoms with Crippen LogP contribution in [-0.2, 0) is 6.54 Å². The Morgan fingerprint density at radius 1 is 1.40 bits per heavy atom. The molecule has 2 aromatic heterocycles. The van der Waals surface area contributed by atoms with E-state index in [9.17, 15) is 0 Å². The van der Waals surface area contributed by atoms with Gasteiger partial charge in [0.05, 0.1) is 12.9 Å². The normalized spacial score (nSPS) is 9.73. The third-order valence-corrected chi connectivity index (χ3v) is 1.88. The van der Waals surface area contributed by atoms with E-state index in [2.05, 4.69) is 26.8 Å². The van der Waals surface area contributed by atoms with E-state index in [1.54, 1.807) is 10.9 Å². The lowest BCUT2D eigenvalue weighted by molar-refractivity contribution is 0.855. The number of anilines is 1. The van der Waals surface area contributed by atoms with Gasteiger partial charge in [0.15, 0.2) is 11.5 Å². The van der Waals surface area contributed by atoms with E-state index >= 15 is 0 Å². The number of nitrogens with two attached hydrogens (primary N) is 1. The molecule has 0 bridgehead atoms. The van der Waals surface area contributed by atoms with Crippen LogP contribution >= 0.6 is 0 Å². The minimum atomic E-state index is 0.235. The Bertz CT molecular complexity index is 597. The second-order valence-corrected chi connectivity index (χ2v) is 2.83. The molecule has 0 aliphatic carbocycles. The molecule has 0 saturated carbocycles. The van der Waals surface area contributed by atoms with E-state index in [1.807, 2.05) is 0 Å². The van der Waals surface area contributed by atoms with Gasteiger partial charge in [0.25, 0.3) is 0 Å². The largest absolute Gasteiger partial charge is 0.382 e. The molecule has 0 radical (unpaired) electrons. The van der Waals surface area contributed by atoms with Gasteiger partial charge in [0.2, 0.25) is 5.82 Å². The molecule has 5 heteroatoms. The van der Waals surface area contributed by atoms with E-state index in [1.165, 1.54) is 0 Å². The van der Waals surface area contributed by atoms with Crippen molar-refractivity contribution >= 4 is 17.0 Å². The molecule has 0 spiro atoms. The van der Waals surface area contributed by atoms with E-state index in [4.69, 9.17) is 18.6 Å². The number of hydrogen-bond donors (Lipinski definition) is 1. The summed E-state index contributed by atoms with van der Waals surface area (Å²) in [4.78, 5) is 12.1. The van der Waals surface area contributed by atoms with E-state index in [-0.39, 0.29) is 11.6 Å². The van der Waals surface area contributed by atoms with Gasteiger partial charge in [-0.15, -0.1) is 12.8 Å². The minimum absolute atomic E-state index is 0.235. The SMILES string of the molecule is C#CCn1cnc2c(N)nc(C#C)nc21. The standard InChI is InChI=1S/C10H7N5/c1-3-5-15-6-12-8-9(11)13-7(4-2)14-10(8)15/h1-2,6H,5H2,(H2,11,13,14). The number of imidazole rings is 1. The first-order chi connectivity index (χ1) is 7.26. The summed E-state index contributed by atoms with van der Waals surface area (Å²) in [5, 5.41) is 0. The molecule has 0 aliphatic rings. The molecule has 0 amide bonds. The van der Waals surface area contributed by atoms with Gasteiger partial charge >= 0.3 is 0 Å². The molecule has 0 unspecified atom stereocenters. The summed E-state index contributed by atoms with van der Waals surface area (Å²) in [6, 6.07) is 0. The molecule has 0 atom stereocenters. The average molecular weight is 197 g/mol. The van der Waals surface area contributed by atoms with Gasteiger partial charge in [-0.25, -0.2) is 15.0 Å². The molecule has 0 aromatic carbocycles. The number of nitrogen functional groups attached to an aromatic ring is 1. The first kappa shape index (κ1) is 9.04. The van der Waals surface area contributed by atoms with Crippen molar-refractivity contribution in [3.05, 3.63) is 12.2 Å². The van der Waals surface area contributed by atoms with Crippen LogP contribution in [0.2, 0.25) is 0 Å². The fourth-order valence-electron chi connectivity index (χ4n) is 1.24. The summed E-state index contributed by atoms with van der Waals surface area (Å²) in [7, 11) is 0. The number of rotatable bonds is 1. The van der Waals surface area contributed by atoms with Gasteiger partial charge in [0.1, 0.15) is 5.52 Å². The molecule has 15 heavy (non-hydrogen) atoms. The fourth-order valence-corrected chi connectivity index (χ4v) is 1.24. The molecular formula is C10H7N5. The van der Waals surface area contributed by atoms with Gasteiger partial charge in [-0.1, -0.05) is 5.92 Å². The number of aromatic nitrogens is 4. The lowest BCUT2D eigenvalue weighted by Crippen LogP contribution is -2.01. The molecule has 72 valence electrons. The predicted octanol–water partition coefficient (Wildman–Crippen LogP) is 0.0230. The monoisotopic (exact) mass is 197 g/mol. The van der Waals surface area contributed by atoms with Crippen LogP contribution in [0.1, 0.15) is 5.82 Å². The molecule has 2 rings (SSSR count). The summed E-state index contributed by atoms with van der Waals surface area (Å²) in [6.07, 6.45) is 12.0. The maximum absolute atomic E-state index is 5.67. The van der Waals surface area contributed by atoms with Crippen LogP contribution in [-0.4, -0.2) is 19.5 Å². The van der Waals surface area contributed by atoms with Crippen molar-refractivity contribution in [2.45, 2.75) is 6.54 Å². The summed E-state index contributed by atoms with van der Waals surface area (Å²) < 4.78 is 1.69. The zero-order valence-electron chi connectivity index (χ0n) is 7.81. The van der Waals surface area contributed by atoms with Crippen LogP contribution in [0.5, 0.6) is 0 Å². The molecule has 2 aromatic rings. The van der Waals surface area contributed by atoms with Crippen LogP contribution < -0.4 is 5.73 Å². The quantitative estimate of drug-likeness (QED) is 0.654. The average Bonchev–Trinajstić information content (AvgIpc) is 2.63. The van der Waals surface area contributed by atoms with Gasteiger partial charge in [-0.2, -0.15) is 0 Å². The van der Waals surface area contributed by atoms with Crippen molar-refractivity contribution in [3.63, 3.8) is 0 Å². The van der Waals surface area contributed by atoms with E-state index in [0.29, 0.717) is 17.7 Å². The van der Waals surface area contributed by atoms with Gasteiger partial charge in [-0.3, -0.25) is 0 Å². The highest BCUT2D eigenvalue weighted by Gasteiger charge is 2.09. The first-order valence-electron chi connectivity index (χ1n) is 4.14. The van der Waals surface area contributed by atoms with E-state index < -0.39 is 0 Å². The predicted molar refractivity (Wildman–Crippen MR) is 56.5 cm³/mol. The molecular weight excluding hydrogens is 190 g/mol. The van der Waals surface area contributed by atoms with Gasteiger partial charge in [-0.05, 0) is 5.92 Å². The molecule has 5 nitrogen and oxygen atoms in total. The number of fused-ring (bicyclic) bond motifs is 1. The molecule has 0 fully saturated rings. The van der Waals surface area contributed by atoms with Crippen LogP contribution in [0.4, 0.5) is 5.82 Å². The van der Waals surface area contributed by atoms with Crippen LogP contribution in [0.3, 0.4) is 0 Å². The Kier molecular flexibility index (Phi) is 2.00. The number of terminal acetylenes is 2. The van der Waals surface area contributed by atoms with E-state index in [0.717, 1.165) is 0 Å². The van der Waals surface area contributed by atoms with Gasteiger partial charge < -0.3 is 10.3 Å². The topological polar surface area (TPSA) is 69.6 Å². The molecule has 2 heterocycles. The molecule has 0 saturated heterocycles. The summed E-state index contributed by atoms with van der Waals surface area (Å²) in [5.74, 6) is 5.32. The Labute approximate surface area is 86.4 Å². The third kappa shape index (κ3) is 1.36. The van der Waals surface area contributed by atoms with Crippen molar-refractivity contribution in [1.82, 2.24) is 19.5 Å². The number of hydrogen-bond acceptors (Lipinski definition) is 4. The minimum Gasteiger partial charge on any atom is -0.382 e. The smallest absolute Gasteiger partial charge is 0.208 e. The number of nitrogens with zero attached hydrogens (tertiary/aromatic N) is 4. The molecule has 0 aliphatic heterocycles. The van der Waals surface area contributed by atoms with Crippen molar-refractivity contribution in [2.75, 3.05) is 5.73 Å². The second-order valence-electron chi connectivity index (χ2n) is 2.83. The lowest BCUT2D eigenvalue weighted by atomic mass is 10.4. The van der Waals surface area contributed by atoms with Gasteiger partial charge in [0, 0.05) is 0 Å². The highest BCUT2D eigenvalue weighted by Crippen LogP contribution is 2.15. The maximum atomic E-state index is 5.67. The summed E-state index contributed by atoms with van der Waals surface area (Å²) in [6.45, 7) is 0.372. The molecule has 2 N–H and O–H groups in total. The zero-order valence-corrected chi connectivity index (χ0v) is 7.81. The highest BCUT2D eigenvalue weighted by atomic mass is 15.1. The first-order valence-corrected chi connectivity index (χ1v) is 4.14. The highest BCUT2D eigenvalue weighted by molar-refractivity contribution is 5.81. The zero-order chi connectivity index (χ0) is 10.8. The fraction of sp³-hybridized carbons (Fsp3) is 0.100.